The van der Waals surface area contributed by atoms with E-state index >= 15 is 0 Å². The molecule has 0 spiro atoms. The molecule has 0 bridgehead atoms. The number of aliphatic carboxylic acids is 1. The van der Waals surface area contributed by atoms with Gasteiger partial charge in [0, 0.05) is 12.7 Å². The molecule has 0 amide bonds. The number of carboxylic acids is 1. The highest BCUT2D eigenvalue weighted by molar-refractivity contribution is 5.84. The zero-order chi connectivity index (χ0) is 11.1. The minimum absolute atomic E-state index is 0.176. The first-order valence-corrected chi connectivity index (χ1v) is 3.54. The van der Waals surface area contributed by atoms with E-state index in [2.05, 4.69) is 11.3 Å². The van der Waals surface area contributed by atoms with Crippen molar-refractivity contribution in [2.75, 3.05) is 13.7 Å². The number of hydrogen-bond acceptors (Lipinski definition) is 4. The van der Waals surface area contributed by atoms with Gasteiger partial charge in [0.2, 0.25) is 0 Å². The van der Waals surface area contributed by atoms with Gasteiger partial charge >= 0.3 is 5.97 Å². The first-order valence-electron chi connectivity index (χ1n) is 3.54. The number of carbonyl (C=O) groups is 1. The minimum Gasteiger partial charge on any atom is -0.478 e. The Hall–Kier alpha value is -0.910. The molecule has 13 heavy (non-hydrogen) atoms. The summed E-state index contributed by atoms with van der Waals surface area (Å²) in [4.78, 5) is 9.60. The van der Waals surface area contributed by atoms with Crippen LogP contribution in [0, 0.1) is 0 Å². The van der Waals surface area contributed by atoms with Gasteiger partial charge in [-0.25, -0.2) is 4.79 Å². The van der Waals surface area contributed by atoms with Crippen LogP contribution in [-0.2, 0) is 9.53 Å². The molecular formula is C8H16O5. The second kappa shape index (κ2) is 6.59. The number of rotatable bonds is 3. The minimum atomic E-state index is -1.36. The average Bonchev–Trinajstić information content (AvgIpc) is 2.05. The highest BCUT2D eigenvalue weighted by Crippen LogP contribution is 1.98. The molecule has 0 rings (SSSR count). The Bertz CT molecular complexity index is 155. The third-order valence-corrected chi connectivity index (χ3v) is 1.10. The molecule has 0 aromatic heterocycles. The van der Waals surface area contributed by atoms with Crippen LogP contribution in [0.3, 0.4) is 0 Å². The standard InChI is InChI=1S/C4H10O3.C4H6O2/c1-4(6,3-5)7-2;1-3(2)4(5)6/h5-6H,3H2,1-2H3;1H2,2H3,(H,5,6). The summed E-state index contributed by atoms with van der Waals surface area (Å²) in [6.07, 6.45) is 0. The highest BCUT2D eigenvalue weighted by atomic mass is 16.6. The van der Waals surface area contributed by atoms with Gasteiger partial charge < -0.3 is 20.1 Å². The maximum absolute atomic E-state index is 9.60. The van der Waals surface area contributed by atoms with Crippen LogP contribution in [0.4, 0.5) is 0 Å². The fourth-order valence-electron chi connectivity index (χ4n) is 0.0645. The zero-order valence-corrected chi connectivity index (χ0v) is 8.07. The van der Waals surface area contributed by atoms with E-state index in [0.29, 0.717) is 0 Å². The third-order valence-electron chi connectivity index (χ3n) is 1.10. The summed E-state index contributed by atoms with van der Waals surface area (Å²) in [6, 6.07) is 0. The van der Waals surface area contributed by atoms with Crippen molar-refractivity contribution >= 4 is 5.97 Å². The molecular weight excluding hydrogens is 176 g/mol. The molecule has 0 radical (unpaired) electrons. The molecule has 78 valence electrons. The molecule has 0 fully saturated rings. The smallest absolute Gasteiger partial charge is 0.330 e. The van der Waals surface area contributed by atoms with Crippen molar-refractivity contribution in [1.29, 1.82) is 0 Å². The van der Waals surface area contributed by atoms with Crippen molar-refractivity contribution in [2.45, 2.75) is 19.6 Å². The number of ether oxygens (including phenoxy) is 1. The molecule has 1 unspecified atom stereocenters. The summed E-state index contributed by atoms with van der Waals surface area (Å²) in [7, 11) is 1.33. The lowest BCUT2D eigenvalue weighted by atomic mass is 10.4. The largest absolute Gasteiger partial charge is 0.478 e. The van der Waals surface area contributed by atoms with E-state index in [1.54, 1.807) is 0 Å². The quantitative estimate of drug-likeness (QED) is 0.432. The number of carboxylic acid groups (broad SMARTS) is 1. The Balaban J connectivity index is 0. The third kappa shape index (κ3) is 11.1. The van der Waals surface area contributed by atoms with Crippen LogP contribution >= 0.6 is 0 Å². The van der Waals surface area contributed by atoms with Crippen LogP contribution in [0.25, 0.3) is 0 Å². The number of methoxy groups -OCH3 is 1. The Kier molecular flexibility index (Phi) is 7.40. The van der Waals surface area contributed by atoms with Crippen molar-refractivity contribution in [3.63, 3.8) is 0 Å². The summed E-state index contributed by atoms with van der Waals surface area (Å²) in [6.45, 7) is 5.61. The first-order chi connectivity index (χ1) is 5.76. The summed E-state index contributed by atoms with van der Waals surface area (Å²) in [5.41, 5.74) is 0.176. The zero-order valence-electron chi connectivity index (χ0n) is 8.07. The Morgan fingerprint density at radius 3 is 1.92 bits per heavy atom. The summed E-state index contributed by atoms with van der Waals surface area (Å²) < 4.78 is 4.39. The average molecular weight is 192 g/mol. The van der Waals surface area contributed by atoms with E-state index in [4.69, 9.17) is 15.3 Å². The van der Waals surface area contributed by atoms with Gasteiger partial charge in [-0.1, -0.05) is 6.58 Å². The molecule has 0 heterocycles. The van der Waals surface area contributed by atoms with Crippen LogP contribution in [0.15, 0.2) is 12.2 Å². The molecule has 5 heteroatoms. The lowest BCUT2D eigenvalue weighted by Crippen LogP contribution is -2.30. The van der Waals surface area contributed by atoms with E-state index < -0.39 is 11.8 Å². The molecule has 0 saturated heterocycles. The second-order valence-corrected chi connectivity index (χ2v) is 2.62. The maximum Gasteiger partial charge on any atom is 0.330 e. The molecule has 3 N–H and O–H groups in total. The van der Waals surface area contributed by atoms with Crippen LogP contribution < -0.4 is 0 Å². The van der Waals surface area contributed by atoms with Gasteiger partial charge in [0.15, 0.2) is 5.79 Å². The van der Waals surface area contributed by atoms with Gasteiger partial charge in [0.25, 0.3) is 0 Å². The van der Waals surface area contributed by atoms with Gasteiger partial charge in [0.1, 0.15) is 0 Å². The van der Waals surface area contributed by atoms with Crippen LogP contribution in [0.5, 0.6) is 0 Å². The highest BCUT2D eigenvalue weighted by Gasteiger charge is 2.15. The number of hydrogen-bond donors (Lipinski definition) is 3. The SMILES string of the molecule is C=C(C)C(=O)O.COC(C)(O)CO. The van der Waals surface area contributed by atoms with E-state index in [1.165, 1.54) is 21.0 Å². The van der Waals surface area contributed by atoms with E-state index in [9.17, 15) is 4.79 Å². The molecule has 0 aliphatic carbocycles. The topological polar surface area (TPSA) is 87.0 Å². The first kappa shape index (κ1) is 14.6. The Labute approximate surface area is 77.3 Å². The van der Waals surface area contributed by atoms with Crippen molar-refractivity contribution < 1.29 is 24.9 Å². The van der Waals surface area contributed by atoms with Crippen molar-refractivity contribution in [3.8, 4) is 0 Å². The number of aliphatic hydroxyl groups is 2. The van der Waals surface area contributed by atoms with Gasteiger partial charge in [-0.2, -0.15) is 0 Å². The molecule has 0 aromatic carbocycles. The predicted octanol–water partition coefficient (Wildman–Crippen LogP) is -0.0193. The van der Waals surface area contributed by atoms with Gasteiger partial charge in [0.05, 0.1) is 6.61 Å². The molecule has 1 atom stereocenters. The van der Waals surface area contributed by atoms with Crippen molar-refractivity contribution in [3.05, 3.63) is 12.2 Å². The summed E-state index contributed by atoms with van der Waals surface area (Å²) in [5.74, 6) is -2.30. The summed E-state index contributed by atoms with van der Waals surface area (Å²) in [5, 5.41) is 24.8. The van der Waals surface area contributed by atoms with Crippen molar-refractivity contribution in [2.24, 2.45) is 0 Å². The lowest BCUT2D eigenvalue weighted by molar-refractivity contribution is -0.193. The molecule has 0 aliphatic rings. The van der Waals surface area contributed by atoms with E-state index in [-0.39, 0.29) is 12.2 Å². The fraction of sp³-hybridized carbons (Fsp3) is 0.625. The monoisotopic (exact) mass is 192 g/mol. The van der Waals surface area contributed by atoms with Crippen LogP contribution in [0.1, 0.15) is 13.8 Å². The lowest BCUT2D eigenvalue weighted by Gasteiger charge is -2.16. The Morgan fingerprint density at radius 1 is 1.62 bits per heavy atom. The van der Waals surface area contributed by atoms with E-state index in [0.717, 1.165) is 0 Å². The summed E-state index contributed by atoms with van der Waals surface area (Å²) >= 11 is 0. The normalized spacial score (nSPS) is 13.6. The molecule has 0 saturated carbocycles. The maximum atomic E-state index is 9.60. The van der Waals surface area contributed by atoms with Gasteiger partial charge in [-0.15, -0.1) is 0 Å². The second-order valence-electron chi connectivity index (χ2n) is 2.62. The molecule has 0 aliphatic heterocycles. The van der Waals surface area contributed by atoms with E-state index in [1.807, 2.05) is 0 Å². The van der Waals surface area contributed by atoms with Crippen molar-refractivity contribution in [1.82, 2.24) is 0 Å². The van der Waals surface area contributed by atoms with Crippen LogP contribution in [-0.4, -0.2) is 40.8 Å². The van der Waals surface area contributed by atoms with Gasteiger partial charge in [-0.3, -0.25) is 0 Å². The predicted molar refractivity (Wildman–Crippen MR) is 47.2 cm³/mol. The van der Waals surface area contributed by atoms with Crippen LogP contribution in [0.2, 0.25) is 0 Å². The van der Waals surface area contributed by atoms with Gasteiger partial charge in [-0.05, 0) is 13.8 Å². The number of aliphatic hydroxyl groups excluding tert-OH is 1. The molecule has 0 aromatic rings. The molecule has 5 nitrogen and oxygen atoms in total. The fourth-order valence-corrected chi connectivity index (χ4v) is 0.0645. The Morgan fingerprint density at radius 2 is 1.92 bits per heavy atom.